The van der Waals surface area contributed by atoms with Crippen LogP contribution < -0.4 is 10.2 Å². The van der Waals surface area contributed by atoms with Gasteiger partial charge in [0.1, 0.15) is 5.75 Å². The van der Waals surface area contributed by atoms with Crippen molar-refractivity contribution >= 4 is 17.3 Å². The number of hydrogen-bond acceptors (Lipinski definition) is 5. The lowest BCUT2D eigenvalue weighted by Gasteiger charge is -2.04. The van der Waals surface area contributed by atoms with Gasteiger partial charge in [-0.05, 0) is 48.9 Å². The molecule has 0 aromatic heterocycles. The van der Waals surface area contributed by atoms with Crippen LogP contribution in [-0.2, 0) is 0 Å². The van der Waals surface area contributed by atoms with Crippen LogP contribution in [0.25, 0.3) is 0 Å². The van der Waals surface area contributed by atoms with E-state index >= 15 is 0 Å². The number of ether oxygens (including phenoxy) is 1. The van der Waals surface area contributed by atoms with Gasteiger partial charge in [0, 0.05) is 17.7 Å². The largest absolute Gasteiger partial charge is 0.497 e. The van der Waals surface area contributed by atoms with Crippen molar-refractivity contribution in [1.29, 1.82) is 0 Å². The minimum atomic E-state index is -0.471. The highest BCUT2D eigenvalue weighted by atomic mass is 16.6. The minimum absolute atomic E-state index is 0.00354. The molecule has 0 aliphatic carbocycles. The van der Waals surface area contributed by atoms with Crippen molar-refractivity contribution in [3.05, 3.63) is 69.8 Å². The molecule has 0 bridgehead atoms. The van der Waals surface area contributed by atoms with Crippen LogP contribution in [0.2, 0.25) is 0 Å². The van der Waals surface area contributed by atoms with Crippen molar-refractivity contribution < 1.29 is 14.5 Å². The Bertz CT molecular complexity index is 737. The number of nitro benzene ring substituents is 1. The van der Waals surface area contributed by atoms with E-state index in [2.05, 4.69) is 10.5 Å². The van der Waals surface area contributed by atoms with Crippen LogP contribution in [0.3, 0.4) is 0 Å². The Morgan fingerprint density at radius 1 is 1.09 bits per heavy atom. The molecule has 7 nitrogen and oxygen atoms in total. The minimum Gasteiger partial charge on any atom is -0.497 e. The fourth-order valence-corrected chi connectivity index (χ4v) is 1.83. The van der Waals surface area contributed by atoms with Crippen LogP contribution in [0.5, 0.6) is 5.75 Å². The lowest BCUT2D eigenvalue weighted by Crippen LogP contribution is -2.19. The van der Waals surface area contributed by atoms with Gasteiger partial charge < -0.3 is 4.74 Å². The fraction of sp³-hybridized carbons (Fsp3) is 0.125. The molecule has 118 valence electrons. The summed E-state index contributed by atoms with van der Waals surface area (Å²) in [6, 6.07) is 12.6. The SMILES string of the molecule is COc1ccc(C(=O)NN=C(C)c2ccc([N+](=O)[O-])cc2)cc1. The third kappa shape index (κ3) is 4.13. The Hall–Kier alpha value is -3.22. The van der Waals surface area contributed by atoms with Crippen LogP contribution in [0.1, 0.15) is 22.8 Å². The fourth-order valence-electron chi connectivity index (χ4n) is 1.83. The van der Waals surface area contributed by atoms with Crippen molar-refractivity contribution in [1.82, 2.24) is 5.43 Å². The summed E-state index contributed by atoms with van der Waals surface area (Å²) in [6.45, 7) is 1.70. The highest BCUT2D eigenvalue weighted by molar-refractivity contribution is 6.01. The summed E-state index contributed by atoms with van der Waals surface area (Å²) < 4.78 is 5.02. The van der Waals surface area contributed by atoms with E-state index < -0.39 is 4.92 Å². The number of nitrogens with zero attached hydrogens (tertiary/aromatic N) is 2. The Morgan fingerprint density at radius 2 is 1.65 bits per heavy atom. The number of nitro groups is 1. The number of rotatable bonds is 5. The number of methoxy groups -OCH3 is 1. The second-order valence-corrected chi connectivity index (χ2v) is 4.67. The standard InChI is InChI=1S/C16H15N3O4/c1-11(12-3-7-14(8-4-12)19(21)22)17-18-16(20)13-5-9-15(23-2)10-6-13/h3-10H,1-2H3,(H,18,20). The topological polar surface area (TPSA) is 93.8 Å². The number of benzene rings is 2. The average Bonchev–Trinajstić information content (AvgIpc) is 2.59. The predicted octanol–water partition coefficient (Wildman–Crippen LogP) is 2.76. The van der Waals surface area contributed by atoms with Gasteiger partial charge in [0.15, 0.2) is 0 Å². The molecule has 2 aromatic carbocycles. The molecule has 1 N–H and O–H groups in total. The maximum absolute atomic E-state index is 12.0. The zero-order valence-electron chi connectivity index (χ0n) is 12.6. The van der Waals surface area contributed by atoms with Crippen LogP contribution in [0.15, 0.2) is 53.6 Å². The van der Waals surface area contributed by atoms with Gasteiger partial charge in [-0.1, -0.05) is 0 Å². The molecule has 0 unspecified atom stereocenters. The number of carbonyl (C=O) groups excluding carboxylic acids is 1. The zero-order chi connectivity index (χ0) is 16.8. The van der Waals surface area contributed by atoms with E-state index in [4.69, 9.17) is 4.74 Å². The summed E-state index contributed by atoms with van der Waals surface area (Å²) >= 11 is 0. The summed E-state index contributed by atoms with van der Waals surface area (Å²) in [4.78, 5) is 22.1. The molecule has 0 aliphatic rings. The van der Waals surface area contributed by atoms with E-state index in [1.807, 2.05) is 0 Å². The molecule has 0 fully saturated rings. The first-order valence-corrected chi connectivity index (χ1v) is 6.75. The van der Waals surface area contributed by atoms with Crippen LogP contribution in [0.4, 0.5) is 5.69 Å². The van der Waals surface area contributed by atoms with E-state index in [1.54, 1.807) is 50.4 Å². The van der Waals surface area contributed by atoms with Gasteiger partial charge >= 0.3 is 0 Å². The molecule has 7 heteroatoms. The molecule has 0 saturated carbocycles. The normalized spacial score (nSPS) is 11.0. The monoisotopic (exact) mass is 313 g/mol. The Kier molecular flexibility index (Phi) is 5.03. The van der Waals surface area contributed by atoms with Gasteiger partial charge in [-0.3, -0.25) is 14.9 Å². The Labute approximate surface area is 132 Å². The third-order valence-electron chi connectivity index (χ3n) is 3.17. The highest BCUT2D eigenvalue weighted by Crippen LogP contribution is 2.13. The Balaban J connectivity index is 2.05. The molecule has 0 atom stereocenters. The second-order valence-electron chi connectivity index (χ2n) is 4.67. The zero-order valence-corrected chi connectivity index (χ0v) is 12.6. The number of hydrazone groups is 1. The highest BCUT2D eigenvalue weighted by Gasteiger charge is 2.07. The number of hydrogen-bond donors (Lipinski definition) is 1. The summed E-state index contributed by atoms with van der Waals surface area (Å²) in [5.41, 5.74) is 4.13. The predicted molar refractivity (Wildman–Crippen MR) is 85.8 cm³/mol. The Morgan fingerprint density at radius 3 is 2.17 bits per heavy atom. The molecular weight excluding hydrogens is 298 g/mol. The molecule has 0 saturated heterocycles. The van der Waals surface area contributed by atoms with Gasteiger partial charge in [-0.25, -0.2) is 5.43 Å². The number of amides is 1. The van der Waals surface area contributed by atoms with Gasteiger partial charge in [0.2, 0.25) is 0 Å². The van der Waals surface area contributed by atoms with Gasteiger partial charge in [-0.15, -0.1) is 0 Å². The quantitative estimate of drug-likeness (QED) is 0.521. The number of nitrogens with one attached hydrogen (secondary N) is 1. The lowest BCUT2D eigenvalue weighted by molar-refractivity contribution is -0.384. The average molecular weight is 313 g/mol. The summed E-state index contributed by atoms with van der Waals surface area (Å²) in [7, 11) is 1.55. The van der Waals surface area contributed by atoms with Gasteiger partial charge in [0.25, 0.3) is 11.6 Å². The van der Waals surface area contributed by atoms with Gasteiger partial charge in [0.05, 0.1) is 17.7 Å². The third-order valence-corrected chi connectivity index (χ3v) is 3.17. The molecular formula is C16H15N3O4. The first kappa shape index (κ1) is 16.2. The molecule has 1 amide bonds. The molecule has 0 aliphatic heterocycles. The lowest BCUT2D eigenvalue weighted by atomic mass is 10.1. The molecule has 2 rings (SSSR count). The molecule has 23 heavy (non-hydrogen) atoms. The summed E-state index contributed by atoms with van der Waals surface area (Å²) in [5, 5.41) is 14.6. The molecule has 0 radical (unpaired) electrons. The summed E-state index contributed by atoms with van der Waals surface area (Å²) in [5.74, 6) is 0.307. The van der Waals surface area contributed by atoms with Gasteiger partial charge in [-0.2, -0.15) is 5.10 Å². The number of carbonyl (C=O) groups is 1. The van der Waals surface area contributed by atoms with E-state index in [0.717, 1.165) is 0 Å². The second kappa shape index (κ2) is 7.17. The first-order valence-electron chi connectivity index (χ1n) is 6.75. The van der Waals surface area contributed by atoms with E-state index in [9.17, 15) is 14.9 Å². The van der Waals surface area contributed by atoms with Crippen molar-refractivity contribution in [3.63, 3.8) is 0 Å². The van der Waals surface area contributed by atoms with Crippen molar-refractivity contribution in [2.24, 2.45) is 5.10 Å². The van der Waals surface area contributed by atoms with Crippen molar-refractivity contribution in [2.75, 3.05) is 7.11 Å². The maximum atomic E-state index is 12.0. The van der Waals surface area contributed by atoms with Crippen LogP contribution in [-0.4, -0.2) is 23.7 Å². The van der Waals surface area contributed by atoms with E-state index in [-0.39, 0.29) is 11.6 Å². The molecule has 0 heterocycles. The first-order chi connectivity index (χ1) is 11.0. The van der Waals surface area contributed by atoms with Crippen molar-refractivity contribution in [3.8, 4) is 5.75 Å². The number of non-ortho nitro benzene ring substituents is 1. The van der Waals surface area contributed by atoms with Crippen LogP contribution >= 0.6 is 0 Å². The molecule has 2 aromatic rings. The molecule has 0 spiro atoms. The van der Waals surface area contributed by atoms with Crippen molar-refractivity contribution in [2.45, 2.75) is 6.92 Å². The van der Waals surface area contributed by atoms with E-state index in [1.165, 1.54) is 12.1 Å². The van der Waals surface area contributed by atoms with Crippen LogP contribution in [0, 0.1) is 10.1 Å². The smallest absolute Gasteiger partial charge is 0.271 e. The summed E-state index contributed by atoms with van der Waals surface area (Å²) in [6.07, 6.45) is 0. The van der Waals surface area contributed by atoms with E-state index in [0.29, 0.717) is 22.6 Å². The maximum Gasteiger partial charge on any atom is 0.271 e.